The van der Waals surface area contributed by atoms with Crippen LogP contribution in [0.3, 0.4) is 0 Å². The molecule has 0 aliphatic rings. The van der Waals surface area contributed by atoms with Gasteiger partial charge in [0.2, 0.25) is 0 Å². The topological polar surface area (TPSA) is 130 Å². The monoisotopic (exact) mass is 332 g/mol. The maximum Gasteiger partial charge on any atom is 0.163 e. The van der Waals surface area contributed by atoms with Gasteiger partial charge < -0.3 is 11.5 Å². The van der Waals surface area contributed by atoms with Crippen LogP contribution in [0, 0.1) is 0 Å². The lowest BCUT2D eigenvalue weighted by atomic mass is 10.1. The fourth-order valence-corrected chi connectivity index (χ4v) is 2.79. The second-order valence-corrected chi connectivity index (χ2v) is 7.54. The summed E-state index contributed by atoms with van der Waals surface area (Å²) in [6.07, 6.45) is 2.52. The summed E-state index contributed by atoms with van der Waals surface area (Å²) in [5.41, 5.74) is 14.2. The molecule has 0 amide bonds. The average molecular weight is 332 g/mol. The maximum atomic E-state index is 11.4. The summed E-state index contributed by atoms with van der Waals surface area (Å²) in [4.78, 5) is 8.20. The Bertz CT molecular complexity index is 963. The summed E-state index contributed by atoms with van der Waals surface area (Å²) in [5, 5.41) is 5.08. The first-order valence-corrected chi connectivity index (χ1v) is 8.92. The molecule has 0 spiro atoms. The molecule has 120 valence electrons. The van der Waals surface area contributed by atoms with E-state index < -0.39 is 9.84 Å². The van der Waals surface area contributed by atoms with Crippen molar-refractivity contribution in [2.75, 3.05) is 23.5 Å². The normalized spacial score (nSPS) is 11.9. The number of nitrogen functional groups attached to an aromatic ring is 2. The largest absolute Gasteiger partial charge is 0.399 e. The Kier molecular flexibility index (Phi) is 3.64. The molecule has 23 heavy (non-hydrogen) atoms. The van der Waals surface area contributed by atoms with E-state index >= 15 is 0 Å². The molecule has 0 unspecified atom stereocenters. The highest BCUT2D eigenvalue weighted by molar-refractivity contribution is 7.90. The minimum absolute atomic E-state index is 0.0329. The average Bonchev–Trinajstić information content (AvgIpc) is 2.85. The quantitative estimate of drug-likeness (QED) is 0.673. The molecule has 0 aliphatic carbocycles. The van der Waals surface area contributed by atoms with E-state index in [1.807, 2.05) is 12.1 Å². The van der Waals surface area contributed by atoms with Gasteiger partial charge in [0.05, 0.1) is 17.7 Å². The molecule has 4 N–H and O–H groups in total. The molecule has 3 aromatic rings. The second kappa shape index (κ2) is 5.51. The van der Waals surface area contributed by atoms with Crippen LogP contribution < -0.4 is 11.5 Å². The smallest absolute Gasteiger partial charge is 0.163 e. The van der Waals surface area contributed by atoms with Crippen LogP contribution in [0.2, 0.25) is 0 Å². The zero-order valence-corrected chi connectivity index (χ0v) is 13.3. The van der Waals surface area contributed by atoms with Gasteiger partial charge in [-0.3, -0.25) is 0 Å². The molecule has 0 bridgehead atoms. The van der Waals surface area contributed by atoms with Gasteiger partial charge in [0.1, 0.15) is 27.7 Å². The van der Waals surface area contributed by atoms with Crippen molar-refractivity contribution < 1.29 is 8.42 Å². The molecule has 0 aliphatic heterocycles. The van der Waals surface area contributed by atoms with Gasteiger partial charge >= 0.3 is 0 Å². The van der Waals surface area contributed by atoms with E-state index in [9.17, 15) is 8.42 Å². The summed E-state index contributed by atoms with van der Waals surface area (Å²) in [5.74, 6) is 0.266. The van der Waals surface area contributed by atoms with Gasteiger partial charge in [-0.25, -0.2) is 23.1 Å². The van der Waals surface area contributed by atoms with Crippen LogP contribution in [-0.4, -0.2) is 40.2 Å². The Hall–Kier alpha value is -2.68. The van der Waals surface area contributed by atoms with E-state index in [4.69, 9.17) is 11.5 Å². The van der Waals surface area contributed by atoms with E-state index in [0.717, 1.165) is 5.56 Å². The predicted octanol–water partition coefficient (Wildman–Crippen LogP) is 0.702. The Morgan fingerprint density at radius 1 is 1.13 bits per heavy atom. The number of nitrogens with two attached hydrogens (primary N) is 2. The number of rotatable bonds is 4. The Morgan fingerprint density at radius 3 is 2.48 bits per heavy atom. The van der Waals surface area contributed by atoms with Crippen LogP contribution in [0.1, 0.15) is 0 Å². The third kappa shape index (κ3) is 3.09. The van der Waals surface area contributed by atoms with Crippen LogP contribution in [0.25, 0.3) is 22.3 Å². The summed E-state index contributed by atoms with van der Waals surface area (Å²) in [7, 11) is -3.11. The molecule has 0 atom stereocenters. The van der Waals surface area contributed by atoms with Gasteiger partial charge in [-0.1, -0.05) is 12.1 Å². The summed E-state index contributed by atoms with van der Waals surface area (Å²) < 4.78 is 24.4. The lowest BCUT2D eigenvalue weighted by molar-refractivity contribution is 0.589. The van der Waals surface area contributed by atoms with E-state index in [1.165, 1.54) is 12.6 Å². The van der Waals surface area contributed by atoms with Crippen molar-refractivity contribution in [1.29, 1.82) is 0 Å². The summed E-state index contributed by atoms with van der Waals surface area (Å²) in [6.45, 7) is 0.195. The van der Waals surface area contributed by atoms with E-state index in [1.54, 1.807) is 16.8 Å². The molecule has 9 heteroatoms. The number of benzene rings is 1. The van der Waals surface area contributed by atoms with Crippen molar-refractivity contribution in [1.82, 2.24) is 19.7 Å². The van der Waals surface area contributed by atoms with Gasteiger partial charge in [-0.05, 0) is 12.1 Å². The van der Waals surface area contributed by atoms with Gasteiger partial charge in [-0.15, -0.1) is 0 Å². The number of hydrogen-bond donors (Lipinski definition) is 2. The number of aromatic nitrogens is 4. The molecule has 8 nitrogen and oxygen atoms in total. The first-order chi connectivity index (χ1) is 10.8. The van der Waals surface area contributed by atoms with E-state index in [2.05, 4.69) is 15.1 Å². The minimum Gasteiger partial charge on any atom is -0.399 e. The fraction of sp³-hybridized carbons (Fsp3) is 0.214. The van der Waals surface area contributed by atoms with E-state index in [0.29, 0.717) is 28.2 Å². The third-order valence-electron chi connectivity index (χ3n) is 3.42. The molecule has 0 radical (unpaired) electrons. The number of nitrogens with zero attached hydrogens (tertiary/aromatic N) is 4. The van der Waals surface area contributed by atoms with Gasteiger partial charge in [0, 0.05) is 17.5 Å². The number of sulfone groups is 1. The van der Waals surface area contributed by atoms with Crippen molar-refractivity contribution in [3.05, 3.63) is 30.6 Å². The van der Waals surface area contributed by atoms with Crippen LogP contribution in [0.15, 0.2) is 30.6 Å². The second-order valence-electron chi connectivity index (χ2n) is 5.28. The first-order valence-electron chi connectivity index (χ1n) is 6.86. The zero-order valence-electron chi connectivity index (χ0n) is 12.5. The van der Waals surface area contributed by atoms with Gasteiger partial charge in [0.15, 0.2) is 5.65 Å². The minimum atomic E-state index is -3.11. The summed E-state index contributed by atoms with van der Waals surface area (Å²) in [6, 6.07) is 7.17. The van der Waals surface area contributed by atoms with Crippen molar-refractivity contribution >= 4 is 32.4 Å². The Balaban J connectivity index is 2.16. The molecular weight excluding hydrogens is 316 g/mol. The van der Waals surface area contributed by atoms with Crippen LogP contribution in [0.5, 0.6) is 0 Å². The molecule has 2 aromatic heterocycles. The summed E-state index contributed by atoms with van der Waals surface area (Å²) >= 11 is 0. The molecule has 0 saturated carbocycles. The van der Waals surface area contributed by atoms with Crippen molar-refractivity contribution in [2.24, 2.45) is 0 Å². The maximum absolute atomic E-state index is 11.4. The molecule has 0 fully saturated rings. The number of hydrogen-bond acceptors (Lipinski definition) is 7. The standard InChI is InChI=1S/C14H16N6O2S/c1-23(21,22)7-6-20-14-11(13(16)17-8-18-14)12(19-20)9-2-4-10(15)5-3-9/h2-5,8H,6-7,15H2,1H3,(H2,16,17,18). The van der Waals surface area contributed by atoms with Crippen LogP contribution in [-0.2, 0) is 16.4 Å². The van der Waals surface area contributed by atoms with Crippen molar-refractivity contribution in [3.8, 4) is 11.3 Å². The Morgan fingerprint density at radius 2 is 1.83 bits per heavy atom. The number of aryl methyl sites for hydroxylation is 1. The molecular formula is C14H16N6O2S. The SMILES string of the molecule is CS(=O)(=O)CCn1nc(-c2ccc(N)cc2)c2c(N)ncnc21. The third-order valence-corrected chi connectivity index (χ3v) is 4.34. The lowest BCUT2D eigenvalue weighted by Crippen LogP contribution is -2.12. The first kappa shape index (κ1) is 15.2. The number of fused-ring (bicyclic) bond motifs is 1. The zero-order chi connectivity index (χ0) is 16.6. The molecule has 3 rings (SSSR count). The predicted molar refractivity (Wildman–Crippen MR) is 89.3 cm³/mol. The van der Waals surface area contributed by atoms with Crippen LogP contribution in [0.4, 0.5) is 11.5 Å². The van der Waals surface area contributed by atoms with Crippen molar-refractivity contribution in [3.63, 3.8) is 0 Å². The molecule has 2 heterocycles. The fourth-order valence-electron chi connectivity index (χ4n) is 2.28. The highest BCUT2D eigenvalue weighted by Crippen LogP contribution is 2.30. The van der Waals surface area contributed by atoms with Gasteiger partial charge in [-0.2, -0.15) is 5.10 Å². The lowest BCUT2D eigenvalue weighted by Gasteiger charge is -2.01. The van der Waals surface area contributed by atoms with E-state index in [-0.39, 0.29) is 12.3 Å². The van der Waals surface area contributed by atoms with Gasteiger partial charge in [0.25, 0.3) is 0 Å². The number of anilines is 2. The highest BCUT2D eigenvalue weighted by Gasteiger charge is 2.17. The van der Waals surface area contributed by atoms with Crippen LogP contribution >= 0.6 is 0 Å². The van der Waals surface area contributed by atoms with Crippen molar-refractivity contribution in [2.45, 2.75) is 6.54 Å². The molecule has 1 aromatic carbocycles. The molecule has 0 saturated heterocycles. The highest BCUT2D eigenvalue weighted by atomic mass is 32.2. The Labute approximate surface area is 133 Å².